The highest BCUT2D eigenvalue weighted by atomic mass is 32.2. The van der Waals surface area contributed by atoms with Gasteiger partial charge in [0.15, 0.2) is 16.8 Å². The van der Waals surface area contributed by atoms with Gasteiger partial charge in [-0.3, -0.25) is 9.59 Å². The molecule has 6 nitrogen and oxygen atoms in total. The highest BCUT2D eigenvalue weighted by molar-refractivity contribution is 7.99. The van der Waals surface area contributed by atoms with Gasteiger partial charge >= 0.3 is 0 Å². The summed E-state index contributed by atoms with van der Waals surface area (Å²) in [6.07, 6.45) is 3.55. The van der Waals surface area contributed by atoms with E-state index in [1.165, 1.54) is 17.3 Å². The second-order valence-corrected chi connectivity index (χ2v) is 8.47. The Hall–Kier alpha value is -2.93. The molecule has 2 aromatic carbocycles. The van der Waals surface area contributed by atoms with Crippen LogP contribution in [-0.2, 0) is 11.8 Å². The Kier molecular flexibility index (Phi) is 8.00. The van der Waals surface area contributed by atoms with Gasteiger partial charge in [-0.2, -0.15) is 0 Å². The van der Waals surface area contributed by atoms with Crippen LogP contribution in [0, 0.1) is 6.92 Å². The van der Waals surface area contributed by atoms with Crippen molar-refractivity contribution in [2.75, 3.05) is 11.1 Å². The molecule has 0 bridgehead atoms. The van der Waals surface area contributed by atoms with Crippen molar-refractivity contribution in [3.63, 3.8) is 0 Å². The van der Waals surface area contributed by atoms with Gasteiger partial charge in [-0.05, 0) is 37.6 Å². The first-order chi connectivity index (χ1) is 15.0. The number of aromatic nitrogens is 3. The fourth-order valence-corrected chi connectivity index (χ4v) is 3.91. The SMILES string of the molecule is CCCCCC(=O)Nc1ccc(C(=O)CSc2nnc(-c3ccc(C)cc3)n2C)cc1. The highest BCUT2D eigenvalue weighted by Crippen LogP contribution is 2.24. The number of aryl methyl sites for hydroxylation is 1. The van der Waals surface area contributed by atoms with Crippen LogP contribution in [0.15, 0.2) is 53.7 Å². The number of nitrogens with zero attached hydrogens (tertiary/aromatic N) is 3. The van der Waals surface area contributed by atoms with E-state index in [0.29, 0.717) is 22.8 Å². The minimum Gasteiger partial charge on any atom is -0.326 e. The normalized spacial score (nSPS) is 10.8. The number of carbonyl (C=O) groups is 2. The van der Waals surface area contributed by atoms with Gasteiger partial charge in [0.1, 0.15) is 0 Å². The van der Waals surface area contributed by atoms with Crippen LogP contribution in [0.25, 0.3) is 11.4 Å². The molecule has 0 saturated carbocycles. The largest absolute Gasteiger partial charge is 0.326 e. The average Bonchev–Trinajstić information content (AvgIpc) is 3.13. The summed E-state index contributed by atoms with van der Waals surface area (Å²) in [5.74, 6) is 1.05. The third-order valence-corrected chi connectivity index (χ3v) is 6.00. The number of nitrogens with one attached hydrogen (secondary N) is 1. The maximum Gasteiger partial charge on any atom is 0.224 e. The predicted molar refractivity (Wildman–Crippen MR) is 125 cm³/mol. The van der Waals surface area contributed by atoms with E-state index < -0.39 is 0 Å². The van der Waals surface area contributed by atoms with Crippen LogP contribution in [0.1, 0.15) is 48.5 Å². The molecule has 0 atom stereocenters. The maximum atomic E-state index is 12.6. The summed E-state index contributed by atoms with van der Waals surface area (Å²) in [7, 11) is 1.90. The lowest BCUT2D eigenvalue weighted by Crippen LogP contribution is -2.11. The topological polar surface area (TPSA) is 76.9 Å². The van der Waals surface area contributed by atoms with Gasteiger partial charge in [-0.15, -0.1) is 10.2 Å². The Bertz CT molecular complexity index is 1030. The number of ketones is 1. The molecule has 0 aliphatic carbocycles. The Balaban J connectivity index is 1.55. The van der Waals surface area contributed by atoms with E-state index in [1.54, 1.807) is 24.3 Å². The van der Waals surface area contributed by atoms with Crippen molar-refractivity contribution < 1.29 is 9.59 Å². The number of amides is 1. The lowest BCUT2D eigenvalue weighted by atomic mass is 10.1. The molecule has 1 heterocycles. The number of carbonyl (C=O) groups excluding carboxylic acids is 2. The monoisotopic (exact) mass is 436 g/mol. The minimum atomic E-state index is 0.00529. The summed E-state index contributed by atoms with van der Waals surface area (Å²) in [4.78, 5) is 24.5. The number of unbranched alkanes of at least 4 members (excludes halogenated alkanes) is 2. The highest BCUT2D eigenvalue weighted by Gasteiger charge is 2.14. The van der Waals surface area contributed by atoms with Gasteiger partial charge in [0, 0.05) is 30.3 Å². The third-order valence-electron chi connectivity index (χ3n) is 4.98. The van der Waals surface area contributed by atoms with Crippen molar-refractivity contribution in [1.82, 2.24) is 14.8 Å². The van der Waals surface area contributed by atoms with Crippen molar-refractivity contribution in [3.05, 3.63) is 59.7 Å². The van der Waals surface area contributed by atoms with E-state index >= 15 is 0 Å². The lowest BCUT2D eigenvalue weighted by Gasteiger charge is -2.07. The van der Waals surface area contributed by atoms with E-state index in [0.717, 1.165) is 30.7 Å². The van der Waals surface area contributed by atoms with Crippen molar-refractivity contribution >= 4 is 29.1 Å². The van der Waals surface area contributed by atoms with Gasteiger partial charge in [-0.25, -0.2) is 0 Å². The van der Waals surface area contributed by atoms with E-state index in [1.807, 2.05) is 42.8 Å². The minimum absolute atomic E-state index is 0.00529. The lowest BCUT2D eigenvalue weighted by molar-refractivity contribution is -0.116. The summed E-state index contributed by atoms with van der Waals surface area (Å²) in [5, 5.41) is 12.1. The van der Waals surface area contributed by atoms with Gasteiger partial charge in [-0.1, -0.05) is 61.4 Å². The summed E-state index contributed by atoms with van der Waals surface area (Å²) >= 11 is 1.36. The summed E-state index contributed by atoms with van der Waals surface area (Å²) in [6, 6.07) is 15.2. The number of hydrogen-bond acceptors (Lipinski definition) is 5. The molecule has 1 N–H and O–H groups in total. The molecule has 1 aromatic heterocycles. The second kappa shape index (κ2) is 10.9. The van der Waals surface area contributed by atoms with Crippen LogP contribution in [0.5, 0.6) is 0 Å². The van der Waals surface area contributed by atoms with Crippen LogP contribution in [0.2, 0.25) is 0 Å². The molecule has 31 heavy (non-hydrogen) atoms. The first-order valence-corrected chi connectivity index (χ1v) is 11.5. The Morgan fingerprint density at radius 1 is 1.00 bits per heavy atom. The van der Waals surface area contributed by atoms with Gasteiger partial charge in [0.2, 0.25) is 5.91 Å². The van der Waals surface area contributed by atoms with Crippen LogP contribution < -0.4 is 5.32 Å². The van der Waals surface area contributed by atoms with Crippen molar-refractivity contribution in [2.45, 2.75) is 44.7 Å². The molecule has 3 aromatic rings. The zero-order chi connectivity index (χ0) is 22.2. The Morgan fingerprint density at radius 2 is 1.71 bits per heavy atom. The molecule has 0 saturated heterocycles. The van der Waals surface area contributed by atoms with Crippen LogP contribution >= 0.6 is 11.8 Å². The van der Waals surface area contributed by atoms with Gasteiger partial charge < -0.3 is 9.88 Å². The van der Waals surface area contributed by atoms with Crippen molar-refractivity contribution in [1.29, 1.82) is 0 Å². The molecular weight excluding hydrogens is 408 g/mol. The van der Waals surface area contributed by atoms with Crippen LogP contribution in [-0.4, -0.2) is 32.2 Å². The van der Waals surface area contributed by atoms with Gasteiger partial charge in [0.25, 0.3) is 0 Å². The van der Waals surface area contributed by atoms with Crippen LogP contribution in [0.4, 0.5) is 5.69 Å². The van der Waals surface area contributed by atoms with Crippen molar-refractivity contribution in [3.8, 4) is 11.4 Å². The molecule has 0 aliphatic rings. The molecule has 0 radical (unpaired) electrons. The Labute approximate surface area is 187 Å². The summed E-state index contributed by atoms with van der Waals surface area (Å²) < 4.78 is 1.90. The molecule has 3 rings (SSSR count). The van der Waals surface area contributed by atoms with Gasteiger partial charge in [0.05, 0.1) is 5.75 Å². The average molecular weight is 437 g/mol. The fraction of sp³-hybridized carbons (Fsp3) is 0.333. The number of benzene rings is 2. The number of anilines is 1. The molecule has 1 amide bonds. The van der Waals surface area contributed by atoms with E-state index in [2.05, 4.69) is 22.4 Å². The molecule has 0 unspecified atom stereocenters. The fourth-order valence-electron chi connectivity index (χ4n) is 3.11. The maximum absolute atomic E-state index is 12.6. The van der Waals surface area contributed by atoms with E-state index in [4.69, 9.17) is 0 Å². The van der Waals surface area contributed by atoms with Crippen LogP contribution in [0.3, 0.4) is 0 Å². The second-order valence-electron chi connectivity index (χ2n) is 7.53. The third kappa shape index (κ3) is 6.28. The zero-order valence-corrected chi connectivity index (χ0v) is 19.0. The molecule has 162 valence electrons. The summed E-state index contributed by atoms with van der Waals surface area (Å²) in [5.41, 5.74) is 3.50. The number of Topliss-reactive ketones (excluding diaryl/α,β-unsaturated/α-hetero) is 1. The molecular formula is C24H28N4O2S. The van der Waals surface area contributed by atoms with E-state index in [-0.39, 0.29) is 17.4 Å². The number of thioether (sulfide) groups is 1. The molecule has 7 heteroatoms. The quantitative estimate of drug-likeness (QED) is 0.266. The smallest absolute Gasteiger partial charge is 0.224 e. The first kappa shape index (κ1) is 22.7. The predicted octanol–water partition coefficient (Wildman–Crippen LogP) is 5.28. The molecule has 0 aliphatic heterocycles. The number of hydrogen-bond donors (Lipinski definition) is 1. The zero-order valence-electron chi connectivity index (χ0n) is 18.2. The number of rotatable bonds is 10. The molecule has 0 spiro atoms. The first-order valence-electron chi connectivity index (χ1n) is 10.5. The standard InChI is InChI=1S/C24H28N4O2S/c1-4-5-6-7-22(30)25-20-14-12-18(13-15-20)21(29)16-31-24-27-26-23(28(24)3)19-10-8-17(2)9-11-19/h8-15H,4-7,16H2,1-3H3,(H,25,30). The Morgan fingerprint density at radius 3 is 2.39 bits per heavy atom. The molecule has 0 fully saturated rings. The van der Waals surface area contributed by atoms with E-state index in [9.17, 15) is 9.59 Å². The van der Waals surface area contributed by atoms with Crippen molar-refractivity contribution in [2.24, 2.45) is 7.05 Å². The summed E-state index contributed by atoms with van der Waals surface area (Å²) in [6.45, 7) is 4.15.